The van der Waals surface area contributed by atoms with E-state index in [4.69, 9.17) is 5.73 Å². The van der Waals surface area contributed by atoms with E-state index in [0.717, 1.165) is 0 Å². The molecule has 0 fully saturated rings. The van der Waals surface area contributed by atoms with Crippen LogP contribution in [0.25, 0.3) is 0 Å². The fraction of sp³-hybridized carbons (Fsp3) is 0.200. The van der Waals surface area contributed by atoms with E-state index in [1.807, 2.05) is 0 Å². The van der Waals surface area contributed by atoms with E-state index in [2.05, 4.69) is 10.1 Å². The Morgan fingerprint density at radius 1 is 1.47 bits per heavy atom. The van der Waals surface area contributed by atoms with E-state index >= 15 is 0 Å². The number of hydrogen-bond donors (Lipinski definition) is 2. The molecule has 0 heterocycles. The molecule has 0 aliphatic carbocycles. The Morgan fingerprint density at radius 3 is 2.80 bits per heavy atom. The van der Waals surface area contributed by atoms with E-state index in [-0.39, 0.29) is 0 Å². The van der Waals surface area contributed by atoms with Crippen LogP contribution in [0.1, 0.15) is 17.3 Å². The maximum absolute atomic E-state index is 11.0. The van der Waals surface area contributed by atoms with E-state index < -0.39 is 12.0 Å². The molecular weight excluding hydrogens is 196 g/mol. The van der Waals surface area contributed by atoms with Crippen molar-refractivity contribution in [2.75, 3.05) is 11.9 Å². The standard InChI is InChI=1S/C10H12N2O3/c1-2-15-10(14)12-8-5-3-4-7(6-8)9(11)13/h3-6H,2H2,1H3,(H2,11,13)(H,12,14). The predicted molar refractivity (Wildman–Crippen MR) is 55.6 cm³/mol. The lowest BCUT2D eigenvalue weighted by Crippen LogP contribution is -2.15. The minimum atomic E-state index is -0.556. The third kappa shape index (κ3) is 3.30. The minimum Gasteiger partial charge on any atom is -0.450 e. The van der Waals surface area contributed by atoms with Crippen LogP contribution in [-0.2, 0) is 4.74 Å². The highest BCUT2D eigenvalue weighted by molar-refractivity contribution is 5.95. The highest BCUT2D eigenvalue weighted by atomic mass is 16.5. The highest BCUT2D eigenvalue weighted by Crippen LogP contribution is 2.10. The van der Waals surface area contributed by atoms with Crippen molar-refractivity contribution in [1.82, 2.24) is 0 Å². The van der Waals surface area contributed by atoms with Crippen molar-refractivity contribution in [2.45, 2.75) is 6.92 Å². The molecule has 2 amide bonds. The summed E-state index contributed by atoms with van der Waals surface area (Å²) in [6, 6.07) is 6.32. The van der Waals surface area contributed by atoms with Crippen LogP contribution in [0.15, 0.2) is 24.3 Å². The van der Waals surface area contributed by atoms with Crippen LogP contribution >= 0.6 is 0 Å². The SMILES string of the molecule is CCOC(=O)Nc1cccc(C(N)=O)c1. The minimum absolute atomic E-state index is 0.293. The lowest BCUT2D eigenvalue weighted by molar-refractivity contribution is 0.1000. The van der Waals surface area contributed by atoms with Gasteiger partial charge in [0.05, 0.1) is 6.61 Å². The molecule has 0 radical (unpaired) electrons. The van der Waals surface area contributed by atoms with Crippen molar-refractivity contribution in [3.05, 3.63) is 29.8 Å². The fourth-order valence-corrected chi connectivity index (χ4v) is 1.04. The lowest BCUT2D eigenvalue weighted by atomic mass is 10.2. The maximum Gasteiger partial charge on any atom is 0.411 e. The van der Waals surface area contributed by atoms with Gasteiger partial charge in [-0.2, -0.15) is 0 Å². The Hall–Kier alpha value is -2.04. The molecule has 0 saturated carbocycles. The summed E-state index contributed by atoms with van der Waals surface area (Å²) in [5.74, 6) is -0.539. The molecule has 80 valence electrons. The van der Waals surface area contributed by atoms with Gasteiger partial charge in [0.1, 0.15) is 0 Å². The molecule has 0 aliphatic rings. The van der Waals surface area contributed by atoms with E-state index in [0.29, 0.717) is 17.9 Å². The van der Waals surface area contributed by atoms with Gasteiger partial charge in [0.25, 0.3) is 0 Å². The number of nitrogens with one attached hydrogen (secondary N) is 1. The number of amides is 2. The number of anilines is 1. The lowest BCUT2D eigenvalue weighted by Gasteiger charge is -2.05. The third-order valence-corrected chi connectivity index (χ3v) is 1.67. The van der Waals surface area contributed by atoms with Gasteiger partial charge >= 0.3 is 6.09 Å². The fourth-order valence-electron chi connectivity index (χ4n) is 1.04. The van der Waals surface area contributed by atoms with Crippen molar-refractivity contribution in [3.63, 3.8) is 0 Å². The molecule has 1 aromatic carbocycles. The molecular formula is C10H12N2O3. The summed E-state index contributed by atoms with van der Waals surface area (Å²) < 4.78 is 4.68. The molecule has 0 bridgehead atoms. The molecule has 0 aromatic heterocycles. The molecule has 3 N–H and O–H groups in total. The molecule has 0 spiro atoms. The monoisotopic (exact) mass is 208 g/mol. The summed E-state index contributed by atoms with van der Waals surface area (Å²) in [6.45, 7) is 2.00. The van der Waals surface area contributed by atoms with Gasteiger partial charge in [-0.25, -0.2) is 4.79 Å². The molecule has 0 atom stereocenters. The molecule has 5 heteroatoms. The average Bonchev–Trinajstić information content (AvgIpc) is 2.18. The molecule has 15 heavy (non-hydrogen) atoms. The summed E-state index contributed by atoms with van der Waals surface area (Å²) in [4.78, 5) is 21.9. The topological polar surface area (TPSA) is 81.4 Å². The van der Waals surface area contributed by atoms with Crippen LogP contribution in [0.3, 0.4) is 0 Å². The summed E-state index contributed by atoms with van der Waals surface area (Å²) in [5, 5.41) is 2.47. The molecule has 0 saturated heterocycles. The zero-order valence-electron chi connectivity index (χ0n) is 8.32. The van der Waals surface area contributed by atoms with Crippen molar-refractivity contribution in [3.8, 4) is 0 Å². The first-order valence-electron chi connectivity index (χ1n) is 4.47. The molecule has 0 aliphatic heterocycles. The summed E-state index contributed by atoms with van der Waals surface area (Å²) in [6.07, 6.45) is -0.556. The van der Waals surface area contributed by atoms with Crippen molar-refractivity contribution < 1.29 is 14.3 Å². The average molecular weight is 208 g/mol. The number of primary amides is 1. The third-order valence-electron chi connectivity index (χ3n) is 1.67. The Balaban J connectivity index is 2.73. The van der Waals surface area contributed by atoms with Gasteiger partial charge in [-0.3, -0.25) is 10.1 Å². The largest absolute Gasteiger partial charge is 0.450 e. The molecule has 1 rings (SSSR count). The van der Waals surface area contributed by atoms with Crippen LogP contribution in [0, 0.1) is 0 Å². The Bertz CT molecular complexity index is 377. The van der Waals surface area contributed by atoms with Crippen molar-refractivity contribution >= 4 is 17.7 Å². The van der Waals surface area contributed by atoms with Gasteiger partial charge in [-0.1, -0.05) is 6.07 Å². The van der Waals surface area contributed by atoms with Crippen molar-refractivity contribution in [2.24, 2.45) is 5.73 Å². The van der Waals surface area contributed by atoms with Crippen molar-refractivity contribution in [1.29, 1.82) is 0 Å². The number of nitrogens with two attached hydrogens (primary N) is 1. The summed E-state index contributed by atoms with van der Waals surface area (Å²) in [7, 11) is 0. The van der Waals surface area contributed by atoms with Gasteiger partial charge in [0.2, 0.25) is 5.91 Å². The number of rotatable bonds is 3. The number of carbonyl (C=O) groups excluding carboxylic acids is 2. The van der Waals surface area contributed by atoms with Crippen LogP contribution in [0.2, 0.25) is 0 Å². The highest BCUT2D eigenvalue weighted by Gasteiger charge is 2.04. The van der Waals surface area contributed by atoms with Gasteiger partial charge < -0.3 is 10.5 Å². The van der Waals surface area contributed by atoms with E-state index in [1.165, 1.54) is 6.07 Å². The second kappa shape index (κ2) is 4.99. The zero-order valence-corrected chi connectivity index (χ0v) is 8.32. The number of carbonyl (C=O) groups is 2. The second-order valence-electron chi connectivity index (χ2n) is 2.79. The summed E-state index contributed by atoms with van der Waals surface area (Å²) in [5.41, 5.74) is 5.90. The van der Waals surface area contributed by atoms with Crippen LogP contribution in [0.5, 0.6) is 0 Å². The zero-order chi connectivity index (χ0) is 11.3. The van der Waals surface area contributed by atoms with Gasteiger partial charge in [-0.15, -0.1) is 0 Å². The van der Waals surface area contributed by atoms with Crippen LogP contribution in [-0.4, -0.2) is 18.6 Å². The first kappa shape index (κ1) is 11.0. The predicted octanol–water partition coefficient (Wildman–Crippen LogP) is 1.35. The maximum atomic E-state index is 11.0. The molecule has 0 unspecified atom stereocenters. The summed E-state index contributed by atoms with van der Waals surface area (Å²) >= 11 is 0. The van der Waals surface area contributed by atoms with E-state index in [9.17, 15) is 9.59 Å². The van der Waals surface area contributed by atoms with Gasteiger partial charge in [0.15, 0.2) is 0 Å². The number of hydrogen-bond acceptors (Lipinski definition) is 3. The molecule has 1 aromatic rings. The van der Waals surface area contributed by atoms with Gasteiger partial charge in [0, 0.05) is 11.3 Å². The number of benzene rings is 1. The second-order valence-corrected chi connectivity index (χ2v) is 2.79. The van der Waals surface area contributed by atoms with Crippen LogP contribution < -0.4 is 11.1 Å². The first-order chi connectivity index (χ1) is 7.13. The molecule has 5 nitrogen and oxygen atoms in total. The Morgan fingerprint density at radius 2 is 2.20 bits per heavy atom. The Labute approximate surface area is 87.2 Å². The quantitative estimate of drug-likeness (QED) is 0.786. The number of ether oxygens (including phenoxy) is 1. The van der Waals surface area contributed by atoms with Gasteiger partial charge in [-0.05, 0) is 25.1 Å². The van der Waals surface area contributed by atoms with Crippen LogP contribution in [0.4, 0.5) is 10.5 Å². The normalized spacial score (nSPS) is 9.40. The smallest absolute Gasteiger partial charge is 0.411 e. The Kier molecular flexibility index (Phi) is 3.68. The van der Waals surface area contributed by atoms with E-state index in [1.54, 1.807) is 25.1 Å². The first-order valence-corrected chi connectivity index (χ1v) is 4.47.